The van der Waals surface area contributed by atoms with Crippen molar-refractivity contribution >= 4 is 17.8 Å². The Morgan fingerprint density at radius 3 is 2.48 bits per heavy atom. The number of rotatable bonds is 11. The molecule has 0 aliphatic heterocycles. The minimum atomic E-state index is -0.724. The molecule has 0 aliphatic carbocycles. The fourth-order valence-electron chi connectivity index (χ4n) is 1.25. The molecular weight excluding hydrogens is 280 g/mol. The number of hydrogen-bond acceptors (Lipinski definition) is 7. The van der Waals surface area contributed by atoms with Crippen molar-refractivity contribution in [1.82, 2.24) is 5.32 Å². The third-order valence-corrected chi connectivity index (χ3v) is 2.32. The maximum Gasteiger partial charge on any atom is 0.325 e. The van der Waals surface area contributed by atoms with E-state index in [1.807, 2.05) is 6.92 Å². The molecule has 1 atom stereocenters. The van der Waals surface area contributed by atoms with Crippen LogP contribution in [0.1, 0.15) is 26.7 Å². The van der Waals surface area contributed by atoms with Crippen LogP contribution >= 0.6 is 0 Å². The van der Waals surface area contributed by atoms with Crippen molar-refractivity contribution in [3.63, 3.8) is 0 Å². The first-order valence-corrected chi connectivity index (χ1v) is 6.86. The van der Waals surface area contributed by atoms with Crippen LogP contribution < -0.4 is 11.1 Å². The van der Waals surface area contributed by atoms with E-state index in [4.69, 9.17) is 19.9 Å². The van der Waals surface area contributed by atoms with Gasteiger partial charge in [-0.25, -0.2) is 0 Å². The summed E-state index contributed by atoms with van der Waals surface area (Å²) in [4.78, 5) is 33.2. The molecule has 0 rings (SSSR count). The van der Waals surface area contributed by atoms with Crippen LogP contribution in [0.15, 0.2) is 0 Å². The fourth-order valence-corrected chi connectivity index (χ4v) is 1.25. The summed E-state index contributed by atoms with van der Waals surface area (Å²) in [5, 5.41) is 2.32. The van der Waals surface area contributed by atoms with Crippen molar-refractivity contribution in [2.75, 3.05) is 32.9 Å². The molecule has 0 aliphatic rings. The van der Waals surface area contributed by atoms with Crippen LogP contribution in [0.2, 0.25) is 0 Å². The van der Waals surface area contributed by atoms with E-state index in [9.17, 15) is 14.4 Å². The largest absolute Gasteiger partial charge is 0.461 e. The van der Waals surface area contributed by atoms with Crippen LogP contribution in [0.5, 0.6) is 0 Å². The smallest absolute Gasteiger partial charge is 0.325 e. The maximum absolute atomic E-state index is 11.5. The molecule has 1 amide bonds. The average Bonchev–Trinajstić information content (AvgIpc) is 2.46. The molecule has 0 bridgehead atoms. The fraction of sp³-hybridized carbons (Fsp3) is 0.769. The summed E-state index contributed by atoms with van der Waals surface area (Å²) >= 11 is 0. The number of carbonyl (C=O) groups is 3. The predicted molar refractivity (Wildman–Crippen MR) is 74.3 cm³/mol. The Kier molecular flexibility index (Phi) is 11.1. The molecule has 0 spiro atoms. The van der Waals surface area contributed by atoms with Gasteiger partial charge in [0.1, 0.15) is 13.2 Å². The van der Waals surface area contributed by atoms with Gasteiger partial charge in [-0.1, -0.05) is 13.3 Å². The summed E-state index contributed by atoms with van der Waals surface area (Å²) < 4.78 is 15.2. The normalized spacial score (nSPS) is 11.6. The third-order valence-electron chi connectivity index (χ3n) is 2.32. The highest BCUT2D eigenvalue weighted by Crippen LogP contribution is 1.98. The molecule has 0 saturated heterocycles. The number of unbranched alkanes of at least 4 members (excludes halogenated alkanes) is 1. The zero-order chi connectivity index (χ0) is 16.1. The second-order valence-corrected chi connectivity index (χ2v) is 4.34. The second kappa shape index (κ2) is 12.1. The summed E-state index contributed by atoms with van der Waals surface area (Å²) in [6.07, 6.45) is 1.14. The molecule has 8 heteroatoms. The Labute approximate surface area is 124 Å². The van der Waals surface area contributed by atoms with Gasteiger partial charge in [-0.15, -0.1) is 0 Å². The van der Waals surface area contributed by atoms with E-state index in [1.54, 1.807) is 0 Å². The Morgan fingerprint density at radius 1 is 1.19 bits per heavy atom. The van der Waals surface area contributed by atoms with Gasteiger partial charge < -0.3 is 25.3 Å². The highest BCUT2D eigenvalue weighted by Gasteiger charge is 2.17. The Bertz CT molecular complexity index is 335. The molecule has 3 N–H and O–H groups in total. The lowest BCUT2D eigenvalue weighted by Gasteiger charge is -2.18. The van der Waals surface area contributed by atoms with Gasteiger partial charge in [-0.2, -0.15) is 0 Å². The van der Waals surface area contributed by atoms with Crippen LogP contribution in [0, 0.1) is 0 Å². The number of esters is 2. The van der Waals surface area contributed by atoms with E-state index >= 15 is 0 Å². The number of ether oxygens (including phenoxy) is 3. The van der Waals surface area contributed by atoms with Gasteiger partial charge in [-0.3, -0.25) is 14.4 Å². The van der Waals surface area contributed by atoms with Crippen molar-refractivity contribution in [3.05, 3.63) is 0 Å². The summed E-state index contributed by atoms with van der Waals surface area (Å²) in [6.45, 7) is 3.34. The van der Waals surface area contributed by atoms with Gasteiger partial charge >= 0.3 is 11.9 Å². The lowest BCUT2D eigenvalue weighted by atomic mass is 10.3. The van der Waals surface area contributed by atoms with Gasteiger partial charge in [-0.05, 0) is 6.42 Å². The Balaban J connectivity index is 4.18. The van der Waals surface area contributed by atoms with Crippen molar-refractivity contribution in [3.8, 4) is 0 Å². The Morgan fingerprint density at radius 2 is 1.90 bits per heavy atom. The van der Waals surface area contributed by atoms with Crippen molar-refractivity contribution < 1.29 is 28.6 Å². The highest BCUT2D eigenvalue weighted by atomic mass is 16.6. The summed E-state index contributed by atoms with van der Waals surface area (Å²) in [7, 11) is 0. The van der Waals surface area contributed by atoms with E-state index in [2.05, 4.69) is 5.32 Å². The maximum atomic E-state index is 11.5. The first-order chi connectivity index (χ1) is 9.99. The molecule has 0 fully saturated rings. The molecule has 21 heavy (non-hydrogen) atoms. The van der Waals surface area contributed by atoms with Gasteiger partial charge in [0, 0.05) is 13.5 Å². The zero-order valence-electron chi connectivity index (χ0n) is 12.6. The lowest BCUT2D eigenvalue weighted by Crippen LogP contribution is -2.35. The average molecular weight is 304 g/mol. The van der Waals surface area contributed by atoms with Gasteiger partial charge in [0.2, 0.25) is 5.91 Å². The molecule has 0 radical (unpaired) electrons. The summed E-state index contributed by atoms with van der Waals surface area (Å²) in [5.74, 6) is -1.55. The summed E-state index contributed by atoms with van der Waals surface area (Å²) in [5.41, 5.74) is 5.12. The SMILES string of the molecule is CCCCOCC(COC(=O)CN)OC(=O)CNC(C)=O. The standard InChI is InChI=1S/C13H24N2O6/c1-3-4-5-19-8-11(9-20-12(17)6-14)21-13(18)7-15-10(2)16/h11H,3-9,14H2,1-2H3,(H,15,16). The van der Waals surface area contributed by atoms with E-state index in [0.29, 0.717) is 6.61 Å². The molecular formula is C13H24N2O6. The lowest BCUT2D eigenvalue weighted by molar-refractivity contribution is -0.161. The molecule has 0 saturated carbocycles. The summed E-state index contributed by atoms with van der Waals surface area (Å²) in [6, 6.07) is 0. The number of hydrogen-bond donors (Lipinski definition) is 2. The van der Waals surface area contributed by atoms with E-state index in [0.717, 1.165) is 12.8 Å². The van der Waals surface area contributed by atoms with Crippen molar-refractivity contribution in [2.45, 2.75) is 32.8 Å². The minimum Gasteiger partial charge on any atom is -0.461 e. The molecule has 122 valence electrons. The molecule has 1 unspecified atom stereocenters. The Hall–Kier alpha value is -1.67. The van der Waals surface area contributed by atoms with E-state index in [1.165, 1.54) is 6.92 Å². The van der Waals surface area contributed by atoms with Crippen molar-refractivity contribution in [2.24, 2.45) is 5.73 Å². The van der Waals surface area contributed by atoms with E-state index in [-0.39, 0.29) is 32.2 Å². The van der Waals surface area contributed by atoms with Crippen LogP contribution in [-0.4, -0.2) is 56.9 Å². The topological polar surface area (TPSA) is 117 Å². The van der Waals surface area contributed by atoms with Gasteiger partial charge in [0.15, 0.2) is 6.10 Å². The van der Waals surface area contributed by atoms with E-state index < -0.39 is 18.0 Å². The number of nitrogens with two attached hydrogens (primary N) is 1. The molecule has 0 aromatic carbocycles. The molecule has 0 aromatic heterocycles. The van der Waals surface area contributed by atoms with Gasteiger partial charge in [0.05, 0.1) is 13.2 Å². The highest BCUT2D eigenvalue weighted by molar-refractivity contribution is 5.80. The first kappa shape index (κ1) is 19.3. The van der Waals surface area contributed by atoms with Crippen LogP contribution in [-0.2, 0) is 28.6 Å². The number of amides is 1. The zero-order valence-corrected chi connectivity index (χ0v) is 12.6. The molecule has 0 aromatic rings. The van der Waals surface area contributed by atoms with Crippen LogP contribution in [0.25, 0.3) is 0 Å². The minimum absolute atomic E-state index is 0.115. The molecule has 8 nitrogen and oxygen atoms in total. The number of carbonyl (C=O) groups excluding carboxylic acids is 3. The quantitative estimate of drug-likeness (QED) is 0.385. The number of nitrogens with one attached hydrogen (secondary N) is 1. The van der Waals surface area contributed by atoms with Crippen molar-refractivity contribution in [1.29, 1.82) is 0 Å². The third kappa shape index (κ3) is 11.8. The van der Waals surface area contributed by atoms with Crippen LogP contribution in [0.3, 0.4) is 0 Å². The molecule has 0 heterocycles. The first-order valence-electron chi connectivity index (χ1n) is 6.86. The monoisotopic (exact) mass is 304 g/mol. The predicted octanol–water partition coefficient (Wildman–Crippen LogP) is -0.647. The van der Waals surface area contributed by atoms with Gasteiger partial charge in [0.25, 0.3) is 0 Å². The second-order valence-electron chi connectivity index (χ2n) is 4.34. The van der Waals surface area contributed by atoms with Crippen LogP contribution in [0.4, 0.5) is 0 Å².